The van der Waals surface area contributed by atoms with Crippen LogP contribution in [0.3, 0.4) is 0 Å². The number of amides is 2. The highest BCUT2D eigenvalue weighted by Gasteiger charge is 2.25. The third-order valence-electron chi connectivity index (χ3n) is 7.68. The number of H-pyrrole nitrogens is 1. The third-order valence-corrected chi connectivity index (χ3v) is 7.68. The number of fused-ring (bicyclic) bond motifs is 1. The Morgan fingerprint density at radius 1 is 1.03 bits per heavy atom. The van der Waals surface area contributed by atoms with E-state index in [-0.39, 0.29) is 17.7 Å². The number of hydrogen-bond donors (Lipinski definition) is 3. The number of nitrogens with zero attached hydrogens (tertiary/aromatic N) is 1. The Hall–Kier alpha value is -3.41. The molecule has 6 heteroatoms. The minimum Gasteiger partial charge on any atom is -0.349 e. The fraction of sp³-hybridized carbons (Fsp3) is 0.433. The van der Waals surface area contributed by atoms with E-state index in [0.29, 0.717) is 17.5 Å². The van der Waals surface area contributed by atoms with E-state index in [2.05, 4.69) is 15.6 Å². The predicted octanol–water partition coefficient (Wildman–Crippen LogP) is 6.61. The average Bonchev–Trinajstić information content (AvgIpc) is 3.29. The van der Waals surface area contributed by atoms with Gasteiger partial charge in [0, 0.05) is 22.9 Å². The topological polar surface area (TPSA) is 86.9 Å². The largest absolute Gasteiger partial charge is 0.349 e. The zero-order valence-electron chi connectivity index (χ0n) is 21.1. The molecule has 36 heavy (non-hydrogen) atoms. The van der Waals surface area contributed by atoms with Crippen LogP contribution in [0.4, 0.5) is 5.69 Å². The van der Waals surface area contributed by atoms with Crippen LogP contribution in [-0.4, -0.2) is 27.8 Å². The zero-order chi connectivity index (χ0) is 24.9. The van der Waals surface area contributed by atoms with E-state index < -0.39 is 0 Å². The molecule has 5 rings (SSSR count). The molecular weight excluding hydrogens is 448 g/mol. The van der Waals surface area contributed by atoms with Gasteiger partial charge < -0.3 is 15.6 Å². The highest BCUT2D eigenvalue weighted by Crippen LogP contribution is 2.33. The zero-order valence-corrected chi connectivity index (χ0v) is 21.1. The van der Waals surface area contributed by atoms with Gasteiger partial charge in [-0.25, -0.2) is 4.98 Å². The van der Waals surface area contributed by atoms with Crippen LogP contribution < -0.4 is 10.6 Å². The van der Waals surface area contributed by atoms with Crippen molar-refractivity contribution in [3.63, 3.8) is 0 Å². The second-order valence-corrected chi connectivity index (χ2v) is 10.4. The molecule has 1 atom stereocenters. The summed E-state index contributed by atoms with van der Waals surface area (Å²) in [6, 6.07) is 13.6. The number of hydrogen-bond acceptors (Lipinski definition) is 3. The molecule has 3 aromatic rings. The number of anilines is 1. The van der Waals surface area contributed by atoms with Gasteiger partial charge in [-0.15, -0.1) is 0 Å². The molecule has 1 aromatic heterocycles. The lowest BCUT2D eigenvalue weighted by Gasteiger charge is -2.28. The lowest BCUT2D eigenvalue weighted by Crippen LogP contribution is -2.36. The Balaban J connectivity index is 1.25. The SMILES string of the molecule is C/C=C\C(CC1CCC1)C(=O)Nc1ccc2nc(-c3ccc(C(=O)NC4CCCCC4)cc3)[nH]c2c1. The van der Waals surface area contributed by atoms with Crippen LogP contribution >= 0.6 is 0 Å². The van der Waals surface area contributed by atoms with Crippen molar-refractivity contribution in [1.29, 1.82) is 0 Å². The summed E-state index contributed by atoms with van der Waals surface area (Å²) in [7, 11) is 0. The smallest absolute Gasteiger partial charge is 0.251 e. The Labute approximate surface area is 213 Å². The minimum atomic E-state index is -0.0952. The highest BCUT2D eigenvalue weighted by atomic mass is 16.2. The number of benzene rings is 2. The van der Waals surface area contributed by atoms with Crippen LogP contribution in [-0.2, 0) is 4.79 Å². The molecule has 0 spiro atoms. The van der Waals surface area contributed by atoms with Gasteiger partial charge in [0.25, 0.3) is 5.91 Å². The first-order chi connectivity index (χ1) is 17.6. The van der Waals surface area contributed by atoms with Crippen molar-refractivity contribution in [3.05, 3.63) is 60.2 Å². The number of imidazole rings is 1. The first-order valence-electron chi connectivity index (χ1n) is 13.4. The summed E-state index contributed by atoms with van der Waals surface area (Å²) in [5, 5.41) is 6.26. The maximum Gasteiger partial charge on any atom is 0.251 e. The summed E-state index contributed by atoms with van der Waals surface area (Å²) in [6.45, 7) is 1.97. The lowest BCUT2D eigenvalue weighted by molar-refractivity contribution is -0.119. The second-order valence-electron chi connectivity index (χ2n) is 10.4. The Bertz CT molecular complexity index is 1230. The summed E-state index contributed by atoms with van der Waals surface area (Å²) in [4.78, 5) is 33.6. The Morgan fingerprint density at radius 3 is 2.50 bits per heavy atom. The van der Waals surface area contributed by atoms with Crippen molar-refractivity contribution in [2.75, 3.05) is 5.32 Å². The van der Waals surface area contributed by atoms with Crippen LogP contribution in [0.2, 0.25) is 0 Å². The van der Waals surface area contributed by atoms with Crippen LogP contribution in [0, 0.1) is 11.8 Å². The number of carbonyl (C=O) groups is 2. The molecule has 2 saturated carbocycles. The molecular formula is C30H36N4O2. The van der Waals surface area contributed by atoms with E-state index in [1.54, 1.807) is 0 Å². The number of rotatable bonds is 8. The molecule has 0 bridgehead atoms. The summed E-state index contributed by atoms with van der Waals surface area (Å²) in [5.41, 5.74) is 4.05. The van der Waals surface area contributed by atoms with Crippen molar-refractivity contribution >= 4 is 28.5 Å². The van der Waals surface area contributed by atoms with Crippen LogP contribution in [0.5, 0.6) is 0 Å². The second kappa shape index (κ2) is 11.1. The Morgan fingerprint density at radius 2 is 1.81 bits per heavy atom. The normalized spacial score (nSPS) is 17.7. The van der Waals surface area contributed by atoms with E-state index in [9.17, 15) is 9.59 Å². The molecule has 2 aliphatic carbocycles. The average molecular weight is 485 g/mol. The van der Waals surface area contributed by atoms with Crippen molar-refractivity contribution in [2.24, 2.45) is 11.8 Å². The van der Waals surface area contributed by atoms with Gasteiger partial charge in [-0.05, 0) is 62.4 Å². The fourth-order valence-corrected chi connectivity index (χ4v) is 5.35. The van der Waals surface area contributed by atoms with Gasteiger partial charge in [0.2, 0.25) is 5.91 Å². The molecule has 1 unspecified atom stereocenters. The molecule has 3 N–H and O–H groups in total. The van der Waals surface area contributed by atoms with Crippen molar-refractivity contribution in [2.45, 2.75) is 70.8 Å². The van der Waals surface area contributed by atoms with E-state index in [1.165, 1.54) is 38.5 Å². The van der Waals surface area contributed by atoms with Gasteiger partial charge in [-0.2, -0.15) is 0 Å². The molecule has 0 radical (unpaired) electrons. The van der Waals surface area contributed by atoms with Gasteiger partial charge in [0.1, 0.15) is 5.82 Å². The summed E-state index contributed by atoms with van der Waals surface area (Å²) in [5.74, 6) is 1.35. The fourth-order valence-electron chi connectivity index (χ4n) is 5.35. The van der Waals surface area contributed by atoms with Crippen LogP contribution in [0.15, 0.2) is 54.6 Å². The lowest BCUT2D eigenvalue weighted by atomic mass is 9.78. The Kier molecular flexibility index (Phi) is 7.49. The summed E-state index contributed by atoms with van der Waals surface area (Å²) in [6.07, 6.45) is 14.4. The highest BCUT2D eigenvalue weighted by molar-refractivity contribution is 5.96. The number of nitrogens with one attached hydrogen (secondary N) is 3. The van der Waals surface area contributed by atoms with Gasteiger partial charge in [0.05, 0.1) is 17.0 Å². The molecule has 2 fully saturated rings. The number of allylic oxidation sites excluding steroid dienone is 1. The molecule has 2 aliphatic rings. The molecule has 2 amide bonds. The van der Waals surface area contributed by atoms with E-state index in [0.717, 1.165) is 47.4 Å². The first-order valence-corrected chi connectivity index (χ1v) is 13.4. The molecule has 0 aliphatic heterocycles. The maximum absolute atomic E-state index is 12.9. The number of aromatic amines is 1. The maximum atomic E-state index is 12.9. The van der Waals surface area contributed by atoms with Gasteiger partial charge in [0.15, 0.2) is 0 Å². The standard InChI is InChI=1S/C30H36N4O2/c1-2-7-23(18-20-8-6-9-20)30(36)32-25-16-17-26-27(19-25)34-28(33-26)21-12-14-22(15-13-21)29(35)31-24-10-4-3-5-11-24/h2,7,12-17,19-20,23-24H,3-6,8-11,18H2,1H3,(H,31,35)(H,32,36)(H,33,34)/b7-2-. The van der Waals surface area contributed by atoms with E-state index >= 15 is 0 Å². The van der Waals surface area contributed by atoms with Gasteiger partial charge in [-0.1, -0.05) is 62.8 Å². The third kappa shape index (κ3) is 5.69. The van der Waals surface area contributed by atoms with Crippen LogP contribution in [0.1, 0.15) is 75.1 Å². The van der Waals surface area contributed by atoms with Crippen LogP contribution in [0.25, 0.3) is 22.4 Å². The molecule has 6 nitrogen and oxygen atoms in total. The molecule has 1 heterocycles. The van der Waals surface area contributed by atoms with Crippen molar-refractivity contribution in [1.82, 2.24) is 15.3 Å². The van der Waals surface area contributed by atoms with Crippen molar-refractivity contribution in [3.8, 4) is 11.4 Å². The number of aromatic nitrogens is 2. The minimum absolute atomic E-state index is 0.00744. The number of carbonyl (C=O) groups excluding carboxylic acids is 2. The monoisotopic (exact) mass is 484 g/mol. The van der Waals surface area contributed by atoms with E-state index in [1.807, 2.05) is 61.5 Å². The summed E-state index contributed by atoms with van der Waals surface area (Å²) >= 11 is 0. The summed E-state index contributed by atoms with van der Waals surface area (Å²) < 4.78 is 0. The van der Waals surface area contributed by atoms with Gasteiger partial charge >= 0.3 is 0 Å². The molecule has 188 valence electrons. The predicted molar refractivity (Wildman–Crippen MR) is 145 cm³/mol. The molecule has 0 saturated heterocycles. The first kappa shape index (κ1) is 24.3. The van der Waals surface area contributed by atoms with Crippen molar-refractivity contribution < 1.29 is 9.59 Å². The van der Waals surface area contributed by atoms with Gasteiger partial charge in [-0.3, -0.25) is 9.59 Å². The quantitative estimate of drug-likeness (QED) is 0.314. The molecule has 2 aromatic carbocycles. The van der Waals surface area contributed by atoms with E-state index in [4.69, 9.17) is 4.98 Å².